The lowest BCUT2D eigenvalue weighted by Crippen LogP contribution is -2.51. The average molecular weight is 409 g/mol. The zero-order valence-electron chi connectivity index (χ0n) is 16.6. The van der Waals surface area contributed by atoms with Crippen molar-refractivity contribution in [1.29, 1.82) is 0 Å². The predicted octanol–water partition coefficient (Wildman–Crippen LogP) is 3.97. The van der Waals surface area contributed by atoms with Crippen LogP contribution in [0.1, 0.15) is 40.7 Å². The zero-order chi connectivity index (χ0) is 21.1. The van der Waals surface area contributed by atoms with Gasteiger partial charge in [0.25, 0.3) is 0 Å². The largest absolute Gasteiger partial charge is 0.486 e. The molecule has 2 aromatic rings. The Morgan fingerprint density at radius 1 is 1.20 bits per heavy atom. The lowest BCUT2D eigenvalue weighted by molar-refractivity contribution is -0.131. The van der Waals surface area contributed by atoms with E-state index in [1.165, 1.54) is 12.1 Å². The van der Waals surface area contributed by atoms with Crippen LogP contribution in [0.2, 0.25) is 0 Å². The number of carbonyl (C=O) groups excluding carboxylic acids is 1. The van der Waals surface area contributed by atoms with Crippen molar-refractivity contribution < 1.29 is 23.8 Å². The van der Waals surface area contributed by atoms with Gasteiger partial charge < -0.3 is 14.7 Å². The van der Waals surface area contributed by atoms with E-state index >= 15 is 0 Å². The Morgan fingerprint density at radius 2 is 1.97 bits per heavy atom. The van der Waals surface area contributed by atoms with Crippen molar-refractivity contribution in [2.75, 3.05) is 19.6 Å². The third-order valence-corrected chi connectivity index (χ3v) is 5.95. The van der Waals surface area contributed by atoms with Crippen LogP contribution in [0.4, 0.5) is 4.39 Å². The highest BCUT2D eigenvalue weighted by Gasteiger charge is 2.42. The predicted molar refractivity (Wildman–Crippen MR) is 111 cm³/mol. The van der Waals surface area contributed by atoms with E-state index in [1.54, 1.807) is 24.3 Å². The summed E-state index contributed by atoms with van der Waals surface area (Å²) in [5.41, 5.74) is 1.41. The Kier molecular flexibility index (Phi) is 5.68. The van der Waals surface area contributed by atoms with Gasteiger partial charge in [-0.15, -0.1) is 0 Å². The number of rotatable bonds is 5. The highest BCUT2D eigenvalue weighted by atomic mass is 19.1. The number of carboxylic acid groups (broad SMARTS) is 1. The van der Waals surface area contributed by atoms with Gasteiger partial charge in [0, 0.05) is 38.6 Å². The molecule has 0 aliphatic carbocycles. The van der Waals surface area contributed by atoms with Gasteiger partial charge in [0.2, 0.25) is 0 Å². The second kappa shape index (κ2) is 8.40. The zero-order valence-corrected chi connectivity index (χ0v) is 16.6. The molecular formula is C24H24FNO4. The number of carbonyl (C=O) groups is 2. The summed E-state index contributed by atoms with van der Waals surface area (Å²) in [6, 6.07) is 12.1. The molecule has 0 atom stereocenters. The second-order valence-electron chi connectivity index (χ2n) is 8.00. The summed E-state index contributed by atoms with van der Waals surface area (Å²) in [5, 5.41) is 8.77. The molecule has 156 valence electrons. The first-order chi connectivity index (χ1) is 14.4. The van der Waals surface area contributed by atoms with Gasteiger partial charge in [-0.3, -0.25) is 4.79 Å². The van der Waals surface area contributed by atoms with E-state index < -0.39 is 11.6 Å². The molecule has 2 aliphatic heterocycles. The van der Waals surface area contributed by atoms with Crippen molar-refractivity contribution in [3.05, 3.63) is 71.0 Å². The maximum atomic E-state index is 13.8. The number of piperidine rings is 1. The molecule has 1 fully saturated rings. The van der Waals surface area contributed by atoms with E-state index in [2.05, 4.69) is 4.90 Å². The molecule has 1 saturated heterocycles. The Bertz CT molecular complexity index is 992. The first kappa shape index (κ1) is 20.3. The van der Waals surface area contributed by atoms with E-state index in [1.807, 2.05) is 12.1 Å². The van der Waals surface area contributed by atoms with Gasteiger partial charge in [-0.2, -0.15) is 0 Å². The third-order valence-electron chi connectivity index (χ3n) is 5.95. The van der Waals surface area contributed by atoms with Crippen molar-refractivity contribution in [3.63, 3.8) is 0 Å². The topological polar surface area (TPSA) is 66.8 Å². The van der Waals surface area contributed by atoms with Gasteiger partial charge in [0.05, 0.1) is 12.0 Å². The van der Waals surface area contributed by atoms with Crippen LogP contribution in [0.15, 0.2) is 48.5 Å². The molecule has 0 unspecified atom stereocenters. The van der Waals surface area contributed by atoms with Crippen LogP contribution in [0.25, 0.3) is 6.08 Å². The molecule has 4 rings (SSSR count). The summed E-state index contributed by atoms with van der Waals surface area (Å²) in [5.74, 6) is -0.599. The fourth-order valence-electron chi connectivity index (χ4n) is 4.23. The minimum absolute atomic E-state index is 0.0293. The van der Waals surface area contributed by atoms with Crippen LogP contribution in [0.3, 0.4) is 0 Å². The molecule has 0 radical (unpaired) electrons. The van der Waals surface area contributed by atoms with Crippen molar-refractivity contribution in [2.45, 2.75) is 31.3 Å². The van der Waals surface area contributed by atoms with E-state index in [-0.39, 0.29) is 11.6 Å². The van der Waals surface area contributed by atoms with E-state index in [4.69, 9.17) is 9.84 Å². The molecule has 5 nitrogen and oxygen atoms in total. The quantitative estimate of drug-likeness (QED) is 0.757. The standard InChI is InChI=1S/C24H24FNO4/c25-20-4-2-1-3-18(20)9-12-26-13-10-24(11-14-26)16-21(27)19-15-17(6-8-23(28)29)5-7-22(19)30-24/h1-8,15H,9-14,16H2,(H,28,29). The number of nitrogens with zero attached hydrogens (tertiary/aromatic N) is 1. The Labute approximate surface area is 174 Å². The number of likely N-dealkylation sites (tertiary alicyclic amines) is 1. The molecule has 6 heteroatoms. The molecule has 2 aliphatic rings. The maximum Gasteiger partial charge on any atom is 0.328 e. The first-order valence-electron chi connectivity index (χ1n) is 10.2. The number of ether oxygens (including phenoxy) is 1. The van der Waals surface area contributed by atoms with Crippen LogP contribution in [0.5, 0.6) is 5.75 Å². The van der Waals surface area contributed by atoms with E-state index in [9.17, 15) is 14.0 Å². The van der Waals surface area contributed by atoms with Crippen LogP contribution >= 0.6 is 0 Å². The number of fused-ring (bicyclic) bond motifs is 1. The van der Waals surface area contributed by atoms with Crippen LogP contribution in [-0.2, 0) is 11.2 Å². The molecule has 0 aromatic heterocycles. The summed E-state index contributed by atoms with van der Waals surface area (Å²) in [6.45, 7) is 2.38. The highest BCUT2D eigenvalue weighted by molar-refractivity contribution is 6.01. The van der Waals surface area contributed by atoms with Gasteiger partial charge in [-0.1, -0.05) is 24.3 Å². The third kappa shape index (κ3) is 4.44. The minimum atomic E-state index is -1.03. The SMILES string of the molecule is O=C(O)C=Cc1ccc2c(c1)C(=O)CC1(CCN(CCc3ccccc3F)CC1)O2. The monoisotopic (exact) mass is 409 g/mol. The molecular weight excluding hydrogens is 385 g/mol. The minimum Gasteiger partial charge on any atom is -0.486 e. The van der Waals surface area contributed by atoms with E-state index in [0.717, 1.165) is 44.1 Å². The Hall–Kier alpha value is -2.99. The Balaban J connectivity index is 1.39. The molecule has 30 heavy (non-hydrogen) atoms. The van der Waals surface area contributed by atoms with E-state index in [0.29, 0.717) is 29.7 Å². The van der Waals surface area contributed by atoms with Crippen LogP contribution < -0.4 is 4.74 Å². The fraction of sp³-hybridized carbons (Fsp3) is 0.333. The van der Waals surface area contributed by atoms with Crippen molar-refractivity contribution in [2.24, 2.45) is 0 Å². The molecule has 2 aromatic carbocycles. The number of benzene rings is 2. The number of halogens is 1. The van der Waals surface area contributed by atoms with Crippen molar-refractivity contribution >= 4 is 17.8 Å². The van der Waals surface area contributed by atoms with Crippen LogP contribution in [-0.4, -0.2) is 47.0 Å². The number of Topliss-reactive ketones (excluding diaryl/α,β-unsaturated/α-hetero) is 1. The normalized spacial score (nSPS) is 18.4. The van der Waals surface area contributed by atoms with Crippen molar-refractivity contribution in [3.8, 4) is 5.75 Å². The number of ketones is 1. The molecule has 1 N–H and O–H groups in total. The highest BCUT2D eigenvalue weighted by Crippen LogP contribution is 2.39. The average Bonchev–Trinajstić information content (AvgIpc) is 2.73. The fourth-order valence-corrected chi connectivity index (χ4v) is 4.23. The van der Waals surface area contributed by atoms with Crippen LogP contribution in [0, 0.1) is 5.82 Å². The Morgan fingerprint density at radius 3 is 2.70 bits per heavy atom. The van der Waals surface area contributed by atoms with Gasteiger partial charge in [0.15, 0.2) is 5.78 Å². The first-order valence-corrected chi connectivity index (χ1v) is 10.2. The molecule has 0 amide bonds. The summed E-state index contributed by atoms with van der Waals surface area (Å²) in [4.78, 5) is 25.8. The summed E-state index contributed by atoms with van der Waals surface area (Å²) in [6.07, 6.45) is 5.00. The number of hydrogen-bond acceptors (Lipinski definition) is 4. The lowest BCUT2D eigenvalue weighted by atomic mass is 9.82. The van der Waals surface area contributed by atoms with Gasteiger partial charge in [0.1, 0.15) is 17.2 Å². The number of hydrogen-bond donors (Lipinski definition) is 1. The molecule has 0 bridgehead atoms. The number of carboxylic acids is 1. The summed E-state index contributed by atoms with van der Waals surface area (Å²) in [7, 11) is 0. The lowest BCUT2D eigenvalue weighted by Gasteiger charge is -2.44. The summed E-state index contributed by atoms with van der Waals surface area (Å²) < 4.78 is 20.1. The van der Waals surface area contributed by atoms with Gasteiger partial charge in [-0.05, 0) is 41.8 Å². The second-order valence-corrected chi connectivity index (χ2v) is 8.00. The smallest absolute Gasteiger partial charge is 0.328 e. The van der Waals surface area contributed by atoms with Gasteiger partial charge >= 0.3 is 5.97 Å². The molecule has 0 saturated carbocycles. The number of aliphatic carboxylic acids is 1. The molecule has 1 spiro atoms. The maximum absolute atomic E-state index is 13.8. The summed E-state index contributed by atoms with van der Waals surface area (Å²) >= 11 is 0. The molecule has 2 heterocycles. The van der Waals surface area contributed by atoms with Crippen molar-refractivity contribution in [1.82, 2.24) is 4.90 Å². The van der Waals surface area contributed by atoms with Gasteiger partial charge in [-0.25, -0.2) is 9.18 Å².